The summed E-state index contributed by atoms with van der Waals surface area (Å²) in [5, 5.41) is 0. The summed E-state index contributed by atoms with van der Waals surface area (Å²) in [6.45, 7) is 2.82. The molecule has 0 aromatic heterocycles. The van der Waals surface area contributed by atoms with Crippen LogP contribution in [-0.4, -0.2) is 19.5 Å². The molecule has 0 spiro atoms. The number of hydrogen-bond acceptors (Lipinski definition) is 2. The van der Waals surface area contributed by atoms with Crippen LogP contribution in [0, 0.1) is 0 Å². The normalized spacial score (nSPS) is 10.4. The van der Waals surface area contributed by atoms with Crippen molar-refractivity contribution >= 4 is 5.78 Å². The molecule has 0 aliphatic rings. The molecule has 2 nitrogen and oxygen atoms in total. The van der Waals surface area contributed by atoms with Crippen molar-refractivity contribution in [3.63, 3.8) is 0 Å². The molecule has 0 aromatic carbocycles. The highest BCUT2D eigenvalue weighted by atomic mass is 16.5. The minimum Gasteiger partial charge on any atom is -0.385 e. The average Bonchev–Trinajstić information content (AvgIpc) is 2.21. The summed E-state index contributed by atoms with van der Waals surface area (Å²) in [7, 11) is 1.75. The van der Waals surface area contributed by atoms with Crippen LogP contribution in [0.3, 0.4) is 0 Å². The van der Waals surface area contributed by atoms with Gasteiger partial charge in [-0.25, -0.2) is 0 Å². The monoisotopic (exact) mass is 200 g/mol. The van der Waals surface area contributed by atoms with E-state index in [2.05, 4.69) is 0 Å². The Hall–Kier alpha value is -0.370. The summed E-state index contributed by atoms with van der Waals surface area (Å²) in [4.78, 5) is 11.0. The Balaban J connectivity index is 2.95. The van der Waals surface area contributed by atoms with Gasteiger partial charge in [0.15, 0.2) is 0 Å². The van der Waals surface area contributed by atoms with Crippen molar-refractivity contribution in [2.45, 2.75) is 58.3 Å². The topological polar surface area (TPSA) is 26.3 Å². The highest BCUT2D eigenvalue weighted by molar-refractivity contribution is 5.77. The second-order valence-corrected chi connectivity index (χ2v) is 3.76. The Morgan fingerprint density at radius 3 is 2.14 bits per heavy atom. The minimum atomic E-state index is 0.407. The number of hydrogen-bond donors (Lipinski definition) is 0. The van der Waals surface area contributed by atoms with Gasteiger partial charge in [-0.3, -0.25) is 4.79 Å². The first kappa shape index (κ1) is 13.6. The Morgan fingerprint density at radius 2 is 1.57 bits per heavy atom. The summed E-state index contributed by atoms with van der Waals surface area (Å²) < 4.78 is 4.97. The molecule has 0 radical (unpaired) electrons. The molecule has 14 heavy (non-hydrogen) atoms. The van der Waals surface area contributed by atoms with Crippen molar-refractivity contribution in [1.29, 1.82) is 0 Å². The van der Waals surface area contributed by atoms with Crippen molar-refractivity contribution in [3.05, 3.63) is 0 Å². The molecule has 0 unspecified atom stereocenters. The van der Waals surface area contributed by atoms with Gasteiger partial charge in [-0.2, -0.15) is 0 Å². The van der Waals surface area contributed by atoms with Crippen molar-refractivity contribution < 1.29 is 9.53 Å². The molecule has 0 heterocycles. The van der Waals surface area contributed by atoms with Gasteiger partial charge in [0.2, 0.25) is 0 Å². The summed E-state index contributed by atoms with van der Waals surface area (Å²) >= 11 is 0. The second-order valence-electron chi connectivity index (χ2n) is 3.76. The number of carbonyl (C=O) groups excluding carboxylic acids is 1. The number of methoxy groups -OCH3 is 1. The molecule has 0 saturated carbocycles. The van der Waals surface area contributed by atoms with Crippen LogP contribution >= 0.6 is 0 Å². The van der Waals surface area contributed by atoms with Gasteiger partial charge in [-0.1, -0.05) is 32.6 Å². The second kappa shape index (κ2) is 10.7. The van der Waals surface area contributed by atoms with E-state index in [4.69, 9.17) is 4.74 Å². The van der Waals surface area contributed by atoms with Gasteiger partial charge in [0.05, 0.1) is 0 Å². The molecule has 0 saturated heterocycles. The van der Waals surface area contributed by atoms with Crippen molar-refractivity contribution in [2.75, 3.05) is 13.7 Å². The van der Waals surface area contributed by atoms with Crippen LogP contribution in [0.5, 0.6) is 0 Å². The van der Waals surface area contributed by atoms with Gasteiger partial charge in [0.1, 0.15) is 5.78 Å². The summed E-state index contributed by atoms with van der Waals surface area (Å²) in [6.07, 6.45) is 8.75. The van der Waals surface area contributed by atoms with Crippen molar-refractivity contribution in [1.82, 2.24) is 0 Å². The SMILES string of the molecule is CCC(=O)CCCCCCCCOC. The van der Waals surface area contributed by atoms with E-state index in [1.54, 1.807) is 7.11 Å². The predicted octanol–water partition coefficient (Wildman–Crippen LogP) is 3.34. The van der Waals surface area contributed by atoms with Gasteiger partial charge in [0, 0.05) is 26.6 Å². The van der Waals surface area contributed by atoms with Gasteiger partial charge in [-0.05, 0) is 12.8 Å². The summed E-state index contributed by atoms with van der Waals surface area (Å²) in [5.41, 5.74) is 0. The molecule has 0 atom stereocenters. The first-order chi connectivity index (χ1) is 6.81. The zero-order valence-electron chi connectivity index (χ0n) is 9.68. The molecular weight excluding hydrogens is 176 g/mol. The van der Waals surface area contributed by atoms with E-state index >= 15 is 0 Å². The van der Waals surface area contributed by atoms with Gasteiger partial charge in [-0.15, -0.1) is 0 Å². The first-order valence-electron chi connectivity index (χ1n) is 5.82. The Kier molecular flexibility index (Phi) is 10.4. The van der Waals surface area contributed by atoms with Crippen LogP contribution in [0.4, 0.5) is 0 Å². The number of carbonyl (C=O) groups is 1. The molecule has 0 N–H and O–H groups in total. The Morgan fingerprint density at radius 1 is 1.00 bits per heavy atom. The molecule has 0 bridgehead atoms. The average molecular weight is 200 g/mol. The quantitative estimate of drug-likeness (QED) is 0.505. The van der Waals surface area contributed by atoms with Crippen molar-refractivity contribution in [3.8, 4) is 0 Å². The molecular formula is C12H24O2. The predicted molar refractivity (Wildman–Crippen MR) is 59.5 cm³/mol. The lowest BCUT2D eigenvalue weighted by Crippen LogP contribution is -1.94. The van der Waals surface area contributed by atoms with E-state index in [-0.39, 0.29) is 0 Å². The van der Waals surface area contributed by atoms with Crippen molar-refractivity contribution in [2.24, 2.45) is 0 Å². The number of unbranched alkanes of at least 4 members (excludes halogenated alkanes) is 5. The molecule has 0 aliphatic heterocycles. The molecule has 0 rings (SSSR count). The fraction of sp³-hybridized carbons (Fsp3) is 0.917. The molecule has 0 amide bonds. The third kappa shape index (κ3) is 9.72. The number of Topliss-reactive ketones (excluding diaryl/α,β-unsaturated/α-hetero) is 1. The van der Waals surface area contributed by atoms with Crippen LogP contribution in [0.1, 0.15) is 58.3 Å². The van der Waals surface area contributed by atoms with Crippen LogP contribution in [0.15, 0.2) is 0 Å². The molecule has 0 fully saturated rings. The Bertz CT molecular complexity index is 132. The lowest BCUT2D eigenvalue weighted by molar-refractivity contribution is -0.118. The molecule has 84 valence electrons. The van der Waals surface area contributed by atoms with E-state index in [9.17, 15) is 4.79 Å². The van der Waals surface area contributed by atoms with E-state index in [0.717, 1.165) is 19.4 Å². The van der Waals surface area contributed by atoms with Crippen LogP contribution < -0.4 is 0 Å². The van der Waals surface area contributed by atoms with Crippen LogP contribution in [-0.2, 0) is 9.53 Å². The zero-order chi connectivity index (χ0) is 10.6. The maximum absolute atomic E-state index is 11.0. The number of ketones is 1. The summed E-state index contributed by atoms with van der Waals surface area (Å²) in [5.74, 6) is 0.407. The molecule has 2 heteroatoms. The van der Waals surface area contributed by atoms with Gasteiger partial charge >= 0.3 is 0 Å². The summed E-state index contributed by atoms with van der Waals surface area (Å²) in [6, 6.07) is 0. The maximum atomic E-state index is 11.0. The smallest absolute Gasteiger partial charge is 0.132 e. The van der Waals surface area contributed by atoms with Gasteiger partial charge in [0.25, 0.3) is 0 Å². The van der Waals surface area contributed by atoms with Crippen LogP contribution in [0.2, 0.25) is 0 Å². The third-order valence-electron chi connectivity index (χ3n) is 2.45. The Labute approximate surface area is 88.0 Å². The highest BCUT2D eigenvalue weighted by Gasteiger charge is 1.97. The highest BCUT2D eigenvalue weighted by Crippen LogP contribution is 2.07. The van der Waals surface area contributed by atoms with Crippen LogP contribution in [0.25, 0.3) is 0 Å². The fourth-order valence-corrected chi connectivity index (χ4v) is 1.45. The maximum Gasteiger partial charge on any atom is 0.132 e. The first-order valence-corrected chi connectivity index (χ1v) is 5.82. The van der Waals surface area contributed by atoms with Gasteiger partial charge < -0.3 is 4.74 Å². The minimum absolute atomic E-state index is 0.407. The van der Waals surface area contributed by atoms with E-state index < -0.39 is 0 Å². The third-order valence-corrected chi connectivity index (χ3v) is 2.45. The van der Waals surface area contributed by atoms with E-state index in [1.807, 2.05) is 6.92 Å². The fourth-order valence-electron chi connectivity index (χ4n) is 1.45. The lowest BCUT2D eigenvalue weighted by Gasteiger charge is -2.00. The zero-order valence-corrected chi connectivity index (χ0v) is 9.68. The number of ether oxygens (including phenoxy) is 1. The van der Waals surface area contributed by atoms with E-state index in [1.165, 1.54) is 32.1 Å². The number of rotatable bonds is 10. The standard InChI is InChI=1S/C12H24O2/c1-3-12(13)10-8-6-4-5-7-9-11-14-2/h3-11H2,1-2H3. The molecule has 0 aromatic rings. The molecule has 0 aliphatic carbocycles. The largest absolute Gasteiger partial charge is 0.385 e. The lowest BCUT2D eigenvalue weighted by atomic mass is 10.1. The van der Waals surface area contributed by atoms with E-state index in [0.29, 0.717) is 12.2 Å².